The van der Waals surface area contributed by atoms with Crippen LogP contribution in [0.5, 0.6) is 0 Å². The van der Waals surface area contributed by atoms with Gasteiger partial charge in [-0.15, -0.1) is 10.2 Å². The quantitative estimate of drug-likeness (QED) is 0.521. The molecule has 3 rings (SSSR count). The fourth-order valence-corrected chi connectivity index (χ4v) is 3.64. The van der Waals surface area contributed by atoms with Crippen LogP contribution in [0.3, 0.4) is 0 Å². The lowest BCUT2D eigenvalue weighted by Crippen LogP contribution is -2.40. The molecule has 0 atom stereocenters. The third-order valence-electron chi connectivity index (χ3n) is 4.52. The Balaban J connectivity index is 1.75. The molecule has 162 valence electrons. The molecule has 0 aliphatic carbocycles. The lowest BCUT2D eigenvalue weighted by molar-refractivity contribution is -0.117. The zero-order chi connectivity index (χ0) is 22.2. The fraction of sp³-hybridized carbons (Fsp3) is 0.318. The van der Waals surface area contributed by atoms with Crippen molar-refractivity contribution in [3.05, 3.63) is 54.4 Å². The highest BCUT2D eigenvalue weighted by Crippen LogP contribution is 2.29. The van der Waals surface area contributed by atoms with Gasteiger partial charge in [-0.05, 0) is 43.0 Å². The third-order valence-corrected chi connectivity index (χ3v) is 5.45. The van der Waals surface area contributed by atoms with E-state index in [4.69, 9.17) is 0 Å². The summed E-state index contributed by atoms with van der Waals surface area (Å²) in [5, 5.41) is 14.3. The monoisotopic (exact) mass is 438 g/mol. The number of hydrogen-bond donors (Lipinski definition) is 2. The van der Waals surface area contributed by atoms with Crippen LogP contribution in [0.15, 0.2) is 53.9 Å². The van der Waals surface area contributed by atoms with Crippen molar-refractivity contribution in [2.45, 2.75) is 32.3 Å². The molecule has 31 heavy (non-hydrogen) atoms. The summed E-state index contributed by atoms with van der Waals surface area (Å²) in [4.78, 5) is 28.2. The number of nitrogens with one attached hydrogen (secondary N) is 2. The Kier molecular flexibility index (Phi) is 7.77. The van der Waals surface area contributed by atoms with Gasteiger partial charge in [0, 0.05) is 24.5 Å². The molecule has 2 N–H and O–H groups in total. The first-order valence-corrected chi connectivity index (χ1v) is 11.1. The lowest BCUT2D eigenvalue weighted by atomic mass is 10.1. The Bertz CT molecular complexity index is 1040. The van der Waals surface area contributed by atoms with E-state index in [2.05, 4.69) is 39.7 Å². The number of carbonyl (C=O) groups is 2. The Morgan fingerprint density at radius 3 is 2.55 bits per heavy atom. The van der Waals surface area contributed by atoms with Gasteiger partial charge in [-0.25, -0.2) is 4.79 Å². The van der Waals surface area contributed by atoms with E-state index < -0.39 is 11.9 Å². The summed E-state index contributed by atoms with van der Waals surface area (Å²) in [7, 11) is 0. The number of imide groups is 1. The van der Waals surface area contributed by atoms with Gasteiger partial charge >= 0.3 is 6.03 Å². The highest BCUT2D eigenvalue weighted by atomic mass is 32.2. The summed E-state index contributed by atoms with van der Waals surface area (Å²) in [5.74, 6) is 0.787. The maximum absolute atomic E-state index is 12.3. The van der Waals surface area contributed by atoms with Gasteiger partial charge in [0.25, 0.3) is 0 Å². The van der Waals surface area contributed by atoms with Gasteiger partial charge < -0.3 is 5.32 Å². The maximum Gasteiger partial charge on any atom is 0.321 e. The summed E-state index contributed by atoms with van der Waals surface area (Å²) in [6.45, 7) is 6.69. The molecule has 0 aliphatic heterocycles. The molecule has 3 amide bonds. The highest BCUT2D eigenvalue weighted by molar-refractivity contribution is 7.99. The van der Waals surface area contributed by atoms with Crippen LogP contribution in [-0.2, 0) is 4.79 Å². The van der Waals surface area contributed by atoms with E-state index in [9.17, 15) is 9.59 Å². The Labute approximate surface area is 185 Å². The molecule has 0 spiro atoms. The van der Waals surface area contributed by atoms with Crippen molar-refractivity contribution < 1.29 is 9.59 Å². The molecule has 0 radical (unpaired) electrons. The van der Waals surface area contributed by atoms with Gasteiger partial charge in [0.15, 0.2) is 11.0 Å². The highest BCUT2D eigenvalue weighted by Gasteiger charge is 2.19. The van der Waals surface area contributed by atoms with Crippen molar-refractivity contribution in [1.82, 2.24) is 30.4 Å². The smallest absolute Gasteiger partial charge is 0.321 e. The minimum Gasteiger partial charge on any atom is -0.338 e. The first kappa shape index (κ1) is 22.5. The van der Waals surface area contributed by atoms with E-state index in [0.717, 1.165) is 23.2 Å². The number of urea groups is 1. The molecule has 2 aromatic heterocycles. The van der Waals surface area contributed by atoms with Gasteiger partial charge in [0.1, 0.15) is 0 Å². The molecule has 2 heterocycles. The topological polar surface area (TPSA) is 102 Å². The molecule has 0 unspecified atom stereocenters. The summed E-state index contributed by atoms with van der Waals surface area (Å²) in [6, 6.07) is 11.1. The number of aromatic nitrogens is 4. The number of amides is 3. The number of para-hydroxylation sites is 1. The van der Waals surface area contributed by atoms with Crippen LogP contribution >= 0.6 is 11.8 Å². The number of benzene rings is 1. The van der Waals surface area contributed by atoms with Crippen molar-refractivity contribution in [3.63, 3.8) is 0 Å². The van der Waals surface area contributed by atoms with Crippen LogP contribution < -0.4 is 10.6 Å². The molecular formula is C22H26N6O2S. The van der Waals surface area contributed by atoms with Gasteiger partial charge in [-0.1, -0.05) is 43.8 Å². The van der Waals surface area contributed by atoms with Crippen LogP contribution in [0, 0.1) is 12.8 Å². The van der Waals surface area contributed by atoms with E-state index in [-0.39, 0.29) is 5.75 Å². The molecule has 0 bridgehead atoms. The molecule has 1 aromatic carbocycles. The zero-order valence-corrected chi connectivity index (χ0v) is 18.6. The van der Waals surface area contributed by atoms with Gasteiger partial charge in [0.05, 0.1) is 11.4 Å². The van der Waals surface area contributed by atoms with E-state index in [1.54, 1.807) is 12.4 Å². The second-order valence-electron chi connectivity index (χ2n) is 7.44. The van der Waals surface area contributed by atoms with Gasteiger partial charge in [-0.3, -0.25) is 19.7 Å². The Hall–Kier alpha value is -3.20. The largest absolute Gasteiger partial charge is 0.338 e. The van der Waals surface area contributed by atoms with Crippen LogP contribution in [0.1, 0.15) is 25.8 Å². The summed E-state index contributed by atoms with van der Waals surface area (Å²) in [6.07, 6.45) is 4.25. The summed E-state index contributed by atoms with van der Waals surface area (Å²) < 4.78 is 1.92. The number of nitrogens with zero attached hydrogens (tertiary/aromatic N) is 4. The average molecular weight is 439 g/mol. The fourth-order valence-electron chi connectivity index (χ4n) is 2.89. The molecule has 0 fully saturated rings. The zero-order valence-electron chi connectivity index (χ0n) is 17.8. The second kappa shape index (κ2) is 10.7. The lowest BCUT2D eigenvalue weighted by Gasteiger charge is -2.13. The van der Waals surface area contributed by atoms with Crippen LogP contribution in [0.25, 0.3) is 17.1 Å². The summed E-state index contributed by atoms with van der Waals surface area (Å²) >= 11 is 1.23. The molecule has 0 saturated carbocycles. The van der Waals surface area contributed by atoms with Crippen molar-refractivity contribution in [2.24, 2.45) is 5.92 Å². The third kappa shape index (κ3) is 6.14. The number of carbonyl (C=O) groups excluding carboxylic acids is 2. The van der Waals surface area contributed by atoms with E-state index in [1.165, 1.54) is 11.8 Å². The molecule has 9 heteroatoms. The molecular weight excluding hydrogens is 412 g/mol. The molecule has 8 nitrogen and oxygen atoms in total. The second-order valence-corrected chi connectivity index (χ2v) is 8.38. The predicted octanol–water partition coefficient (Wildman–Crippen LogP) is 3.60. The number of pyridine rings is 1. The normalized spacial score (nSPS) is 10.8. The number of rotatable bonds is 8. The van der Waals surface area contributed by atoms with Crippen LogP contribution in [0.2, 0.25) is 0 Å². The number of aryl methyl sites for hydroxylation is 1. The summed E-state index contributed by atoms with van der Waals surface area (Å²) in [5.41, 5.74) is 2.84. The average Bonchev–Trinajstić information content (AvgIpc) is 3.16. The molecule has 3 aromatic rings. The van der Waals surface area contributed by atoms with Crippen LogP contribution in [0.4, 0.5) is 4.79 Å². The van der Waals surface area contributed by atoms with Gasteiger partial charge in [0.2, 0.25) is 5.91 Å². The van der Waals surface area contributed by atoms with Gasteiger partial charge in [-0.2, -0.15) is 0 Å². The van der Waals surface area contributed by atoms with E-state index in [0.29, 0.717) is 23.4 Å². The van der Waals surface area contributed by atoms with Crippen molar-refractivity contribution >= 4 is 23.7 Å². The number of thioether (sulfide) groups is 1. The predicted molar refractivity (Wildman–Crippen MR) is 121 cm³/mol. The molecule has 0 aliphatic rings. The first-order chi connectivity index (χ1) is 15.0. The molecule has 0 saturated heterocycles. The van der Waals surface area contributed by atoms with E-state index >= 15 is 0 Å². The Morgan fingerprint density at radius 2 is 1.84 bits per heavy atom. The van der Waals surface area contributed by atoms with Crippen LogP contribution in [-0.4, -0.2) is 44.0 Å². The number of hydrogen-bond acceptors (Lipinski definition) is 6. The Morgan fingerprint density at radius 1 is 1.10 bits per heavy atom. The minimum absolute atomic E-state index is 0.0396. The van der Waals surface area contributed by atoms with Crippen molar-refractivity contribution in [2.75, 3.05) is 12.3 Å². The maximum atomic E-state index is 12.3. The van der Waals surface area contributed by atoms with Crippen molar-refractivity contribution in [3.8, 4) is 17.1 Å². The van der Waals surface area contributed by atoms with E-state index in [1.807, 2.05) is 47.9 Å². The SMILES string of the molecule is Cc1ccccc1-n1c(SCC(=O)NC(=O)NCCC(C)C)nnc1-c1ccncc1. The van der Waals surface area contributed by atoms with Crippen molar-refractivity contribution in [1.29, 1.82) is 0 Å². The first-order valence-electron chi connectivity index (χ1n) is 10.1. The standard InChI is InChI=1S/C22H26N6O2S/c1-15(2)8-13-24-21(30)25-19(29)14-31-22-27-26-20(17-9-11-23-12-10-17)28(22)18-7-5-4-6-16(18)3/h4-7,9-12,15H,8,13-14H2,1-3H3,(H2,24,25,29,30). The minimum atomic E-state index is -0.482.